The summed E-state index contributed by atoms with van der Waals surface area (Å²) in [6, 6.07) is 3.41. The van der Waals surface area contributed by atoms with Crippen LogP contribution in [0.25, 0.3) is 0 Å². The lowest BCUT2D eigenvalue weighted by Gasteiger charge is -2.05. The molecule has 0 amide bonds. The van der Waals surface area contributed by atoms with Crippen LogP contribution in [0.5, 0.6) is 5.75 Å². The molecule has 14 heavy (non-hydrogen) atoms. The first kappa shape index (κ1) is 10.9. The monoisotopic (exact) mass is 202 g/mol. The summed E-state index contributed by atoms with van der Waals surface area (Å²) in [6.07, 6.45) is 1.33. The van der Waals surface area contributed by atoms with Gasteiger partial charge >= 0.3 is 0 Å². The van der Waals surface area contributed by atoms with Gasteiger partial charge in [-0.15, -0.1) is 0 Å². The van der Waals surface area contributed by atoms with Gasteiger partial charge in [-0.1, -0.05) is 0 Å². The van der Waals surface area contributed by atoms with Crippen molar-refractivity contribution in [3.8, 4) is 5.75 Å². The maximum atomic E-state index is 12.7. The second-order valence-electron chi connectivity index (χ2n) is 2.86. The highest BCUT2D eigenvalue weighted by Gasteiger charge is 2.02. The molecular weight excluding hydrogens is 190 g/mol. The van der Waals surface area contributed by atoms with Crippen LogP contribution < -0.4 is 4.74 Å². The Hall–Kier alpha value is -1.16. The van der Waals surface area contributed by atoms with Gasteiger partial charge in [0.25, 0.3) is 0 Å². The summed E-state index contributed by atoms with van der Waals surface area (Å²) < 4.78 is 30.3. The number of aliphatic hydroxyl groups excluding tert-OH is 1. The van der Waals surface area contributed by atoms with E-state index in [1.165, 1.54) is 6.07 Å². The summed E-state index contributed by atoms with van der Waals surface area (Å²) in [5, 5.41) is 8.48. The minimum atomic E-state index is -0.912. The second-order valence-corrected chi connectivity index (χ2v) is 2.86. The molecule has 0 heterocycles. The van der Waals surface area contributed by atoms with Crippen LogP contribution in [0.4, 0.5) is 8.78 Å². The number of halogens is 2. The Morgan fingerprint density at radius 1 is 1.14 bits per heavy atom. The fourth-order valence-corrected chi connectivity index (χ4v) is 0.971. The van der Waals surface area contributed by atoms with E-state index in [9.17, 15) is 8.78 Å². The van der Waals surface area contributed by atoms with Crippen LogP contribution in [0.3, 0.4) is 0 Å². The fraction of sp³-hybridized carbons (Fsp3) is 0.400. The predicted octanol–water partition coefficient (Wildman–Crippen LogP) is 2.12. The van der Waals surface area contributed by atoms with Gasteiger partial charge in [-0.25, -0.2) is 8.78 Å². The predicted molar refractivity (Wildman–Crippen MR) is 48.2 cm³/mol. The highest BCUT2D eigenvalue weighted by atomic mass is 19.2. The fourth-order valence-electron chi connectivity index (χ4n) is 0.971. The van der Waals surface area contributed by atoms with E-state index in [1.807, 2.05) is 0 Å². The first-order chi connectivity index (χ1) is 6.74. The maximum Gasteiger partial charge on any atom is 0.162 e. The Balaban J connectivity index is 2.39. The molecule has 0 aliphatic rings. The number of ether oxygens (including phenoxy) is 1. The van der Waals surface area contributed by atoms with Gasteiger partial charge in [-0.2, -0.15) is 0 Å². The standard InChI is InChI=1S/C10H12F2O2/c11-9-4-3-8(7-10(9)12)14-6-2-1-5-13/h3-4,7,13H,1-2,5-6H2. The SMILES string of the molecule is OCCCCOc1ccc(F)c(F)c1. The molecule has 0 saturated carbocycles. The summed E-state index contributed by atoms with van der Waals surface area (Å²) in [7, 11) is 0. The molecule has 78 valence electrons. The Labute approximate surface area is 81.1 Å². The number of hydrogen-bond acceptors (Lipinski definition) is 2. The molecule has 0 aromatic heterocycles. The van der Waals surface area contributed by atoms with Gasteiger partial charge in [-0.3, -0.25) is 0 Å². The Morgan fingerprint density at radius 3 is 2.57 bits per heavy atom. The first-order valence-electron chi connectivity index (χ1n) is 4.43. The zero-order chi connectivity index (χ0) is 10.4. The quantitative estimate of drug-likeness (QED) is 0.741. The van der Waals surface area contributed by atoms with E-state index >= 15 is 0 Å². The van der Waals surface area contributed by atoms with Crippen molar-refractivity contribution >= 4 is 0 Å². The van der Waals surface area contributed by atoms with Gasteiger partial charge in [0.05, 0.1) is 6.61 Å². The highest BCUT2D eigenvalue weighted by molar-refractivity contribution is 5.23. The van der Waals surface area contributed by atoms with Crippen LogP contribution in [0.2, 0.25) is 0 Å². The van der Waals surface area contributed by atoms with Crippen molar-refractivity contribution in [1.82, 2.24) is 0 Å². The lowest BCUT2D eigenvalue weighted by atomic mass is 10.3. The molecule has 0 aliphatic heterocycles. The molecule has 0 bridgehead atoms. The van der Waals surface area contributed by atoms with Gasteiger partial charge in [0, 0.05) is 12.7 Å². The molecule has 1 aromatic carbocycles. The van der Waals surface area contributed by atoms with Gasteiger partial charge in [0.15, 0.2) is 11.6 Å². The van der Waals surface area contributed by atoms with Crippen molar-refractivity contribution in [3.05, 3.63) is 29.8 Å². The van der Waals surface area contributed by atoms with Crippen molar-refractivity contribution in [1.29, 1.82) is 0 Å². The molecule has 0 unspecified atom stereocenters. The van der Waals surface area contributed by atoms with Crippen molar-refractivity contribution in [2.75, 3.05) is 13.2 Å². The van der Waals surface area contributed by atoms with Crippen LogP contribution in [0.1, 0.15) is 12.8 Å². The van der Waals surface area contributed by atoms with Crippen LogP contribution >= 0.6 is 0 Å². The number of rotatable bonds is 5. The molecule has 0 saturated heterocycles. The molecule has 0 radical (unpaired) electrons. The Bertz CT molecular complexity index is 289. The number of hydrogen-bond donors (Lipinski definition) is 1. The number of benzene rings is 1. The van der Waals surface area contributed by atoms with E-state index in [4.69, 9.17) is 9.84 Å². The molecule has 0 atom stereocenters. The van der Waals surface area contributed by atoms with Gasteiger partial charge in [-0.05, 0) is 25.0 Å². The average molecular weight is 202 g/mol. The topological polar surface area (TPSA) is 29.5 Å². The van der Waals surface area contributed by atoms with Crippen molar-refractivity contribution < 1.29 is 18.6 Å². The lowest BCUT2D eigenvalue weighted by Crippen LogP contribution is -1.99. The summed E-state index contributed by atoms with van der Waals surface area (Å²) in [4.78, 5) is 0. The minimum Gasteiger partial charge on any atom is -0.493 e. The van der Waals surface area contributed by atoms with E-state index in [0.29, 0.717) is 25.2 Å². The van der Waals surface area contributed by atoms with Crippen LogP contribution in [-0.2, 0) is 0 Å². The molecule has 0 spiro atoms. The number of aliphatic hydroxyl groups is 1. The Morgan fingerprint density at radius 2 is 1.93 bits per heavy atom. The van der Waals surface area contributed by atoms with Crippen LogP contribution in [0.15, 0.2) is 18.2 Å². The molecule has 4 heteroatoms. The van der Waals surface area contributed by atoms with Crippen molar-refractivity contribution in [2.24, 2.45) is 0 Å². The molecule has 2 nitrogen and oxygen atoms in total. The van der Waals surface area contributed by atoms with E-state index in [2.05, 4.69) is 0 Å². The molecule has 1 N–H and O–H groups in total. The maximum absolute atomic E-state index is 12.7. The van der Waals surface area contributed by atoms with Gasteiger partial charge < -0.3 is 9.84 Å². The average Bonchev–Trinajstić information content (AvgIpc) is 2.18. The van der Waals surface area contributed by atoms with E-state index in [0.717, 1.165) is 12.1 Å². The summed E-state index contributed by atoms with van der Waals surface area (Å²) in [5.41, 5.74) is 0. The Kier molecular flexibility index (Phi) is 4.32. The smallest absolute Gasteiger partial charge is 0.162 e. The summed E-state index contributed by atoms with van der Waals surface area (Å²) in [6.45, 7) is 0.507. The van der Waals surface area contributed by atoms with Gasteiger partial charge in [0.1, 0.15) is 5.75 Å². The molecule has 1 rings (SSSR count). The molecular formula is C10H12F2O2. The third-order valence-electron chi connectivity index (χ3n) is 1.71. The number of unbranched alkanes of at least 4 members (excludes halogenated alkanes) is 1. The third-order valence-corrected chi connectivity index (χ3v) is 1.71. The van der Waals surface area contributed by atoms with Crippen LogP contribution in [-0.4, -0.2) is 18.3 Å². The summed E-state index contributed by atoms with van der Waals surface area (Å²) in [5.74, 6) is -1.49. The van der Waals surface area contributed by atoms with E-state index < -0.39 is 11.6 Å². The van der Waals surface area contributed by atoms with E-state index in [-0.39, 0.29) is 6.61 Å². The largest absolute Gasteiger partial charge is 0.493 e. The van der Waals surface area contributed by atoms with Crippen molar-refractivity contribution in [3.63, 3.8) is 0 Å². The second kappa shape index (κ2) is 5.54. The highest BCUT2D eigenvalue weighted by Crippen LogP contribution is 2.15. The zero-order valence-electron chi connectivity index (χ0n) is 7.67. The zero-order valence-corrected chi connectivity index (χ0v) is 7.67. The molecule has 0 fully saturated rings. The first-order valence-corrected chi connectivity index (χ1v) is 4.43. The van der Waals surface area contributed by atoms with Gasteiger partial charge in [0.2, 0.25) is 0 Å². The third kappa shape index (κ3) is 3.30. The molecule has 1 aromatic rings. The van der Waals surface area contributed by atoms with Crippen LogP contribution in [0, 0.1) is 11.6 Å². The summed E-state index contributed by atoms with van der Waals surface area (Å²) >= 11 is 0. The normalized spacial score (nSPS) is 10.2. The lowest BCUT2D eigenvalue weighted by molar-refractivity contribution is 0.252. The van der Waals surface area contributed by atoms with Crippen molar-refractivity contribution in [2.45, 2.75) is 12.8 Å². The van der Waals surface area contributed by atoms with E-state index in [1.54, 1.807) is 0 Å². The molecule has 0 aliphatic carbocycles. The minimum absolute atomic E-state index is 0.112.